The molecule has 0 bridgehead atoms. The van der Waals surface area contributed by atoms with E-state index in [2.05, 4.69) is 39.2 Å². The summed E-state index contributed by atoms with van der Waals surface area (Å²) in [5.41, 5.74) is 7.76. The van der Waals surface area contributed by atoms with E-state index < -0.39 is 0 Å². The minimum absolute atomic E-state index is 0.431. The van der Waals surface area contributed by atoms with Crippen LogP contribution in [0.5, 0.6) is 0 Å². The molecule has 0 aliphatic rings. The molecule has 1 aromatic carbocycles. The zero-order valence-electron chi connectivity index (χ0n) is 8.31. The van der Waals surface area contributed by atoms with Gasteiger partial charge in [-0.3, -0.25) is 0 Å². The molecule has 0 aliphatic carbocycles. The first kappa shape index (κ1) is 10.2. The Hall–Kier alpha value is -1.36. The Labute approximate surface area is 96.2 Å². The minimum Gasteiger partial charge on any atom is -0.381 e. The number of anilines is 1. The van der Waals surface area contributed by atoms with Gasteiger partial charge in [0.2, 0.25) is 0 Å². The number of nitrogens with two attached hydrogens (primary N) is 1. The van der Waals surface area contributed by atoms with Gasteiger partial charge in [-0.25, -0.2) is 4.68 Å². The van der Waals surface area contributed by atoms with Crippen molar-refractivity contribution in [1.29, 1.82) is 0 Å². The second-order valence-electron chi connectivity index (χ2n) is 3.21. The number of nitrogens with zero attached hydrogens (tertiary/aromatic N) is 3. The number of benzene rings is 1. The van der Waals surface area contributed by atoms with E-state index in [1.807, 2.05) is 12.1 Å². The maximum Gasteiger partial charge on any atom is 0.166 e. The van der Waals surface area contributed by atoms with Gasteiger partial charge >= 0.3 is 0 Å². The Morgan fingerprint density at radius 3 is 2.87 bits per heavy atom. The third-order valence-electron chi connectivity index (χ3n) is 2.18. The topological polar surface area (TPSA) is 56.7 Å². The fourth-order valence-corrected chi connectivity index (χ4v) is 1.86. The number of nitrogen functional groups attached to an aromatic ring is 1. The molecule has 0 saturated heterocycles. The molecule has 0 saturated carbocycles. The summed E-state index contributed by atoms with van der Waals surface area (Å²) in [7, 11) is 0. The summed E-state index contributed by atoms with van der Waals surface area (Å²) in [5, 5.41) is 7.72. The summed E-state index contributed by atoms with van der Waals surface area (Å²) in [6, 6.07) is 6.05. The molecule has 78 valence electrons. The molecule has 0 aliphatic heterocycles. The van der Waals surface area contributed by atoms with E-state index in [0.29, 0.717) is 5.82 Å². The van der Waals surface area contributed by atoms with Crippen LogP contribution >= 0.6 is 15.9 Å². The van der Waals surface area contributed by atoms with Crippen LogP contribution in [0.25, 0.3) is 5.69 Å². The standard InChI is InChI=1S/C10H11BrN4/c1-2-7-5-8(11)3-4-9(7)15-6-10(12)13-14-15/h3-6H,2,12H2,1H3. The number of aromatic nitrogens is 3. The van der Waals surface area contributed by atoms with Crippen molar-refractivity contribution in [2.45, 2.75) is 13.3 Å². The monoisotopic (exact) mass is 266 g/mol. The van der Waals surface area contributed by atoms with Crippen molar-refractivity contribution < 1.29 is 0 Å². The Morgan fingerprint density at radius 2 is 2.27 bits per heavy atom. The number of halogens is 1. The highest BCUT2D eigenvalue weighted by atomic mass is 79.9. The van der Waals surface area contributed by atoms with Crippen LogP contribution in [-0.2, 0) is 6.42 Å². The second kappa shape index (κ2) is 4.02. The molecule has 2 rings (SSSR count). The van der Waals surface area contributed by atoms with Gasteiger partial charge < -0.3 is 5.73 Å². The van der Waals surface area contributed by atoms with Gasteiger partial charge in [-0.15, -0.1) is 5.10 Å². The van der Waals surface area contributed by atoms with Crippen molar-refractivity contribution in [3.05, 3.63) is 34.4 Å². The summed E-state index contributed by atoms with van der Waals surface area (Å²) in [6.45, 7) is 2.10. The first-order chi connectivity index (χ1) is 7.20. The Kier molecular flexibility index (Phi) is 2.73. The third kappa shape index (κ3) is 2.02. The fourth-order valence-electron chi connectivity index (χ4n) is 1.46. The molecule has 0 spiro atoms. The Balaban J connectivity index is 2.52. The highest BCUT2D eigenvalue weighted by Crippen LogP contribution is 2.20. The molecular formula is C10H11BrN4. The van der Waals surface area contributed by atoms with E-state index in [0.717, 1.165) is 16.6 Å². The SMILES string of the molecule is CCc1cc(Br)ccc1-n1cc(N)nn1. The van der Waals surface area contributed by atoms with Crippen LogP contribution in [-0.4, -0.2) is 15.0 Å². The molecule has 15 heavy (non-hydrogen) atoms. The van der Waals surface area contributed by atoms with E-state index >= 15 is 0 Å². The maximum atomic E-state index is 5.53. The minimum atomic E-state index is 0.431. The van der Waals surface area contributed by atoms with Crippen molar-refractivity contribution in [3.8, 4) is 5.69 Å². The van der Waals surface area contributed by atoms with Gasteiger partial charge in [0.05, 0.1) is 11.9 Å². The predicted molar refractivity (Wildman–Crippen MR) is 62.8 cm³/mol. The van der Waals surface area contributed by atoms with E-state index in [1.165, 1.54) is 5.56 Å². The van der Waals surface area contributed by atoms with Gasteiger partial charge in [0.15, 0.2) is 5.82 Å². The van der Waals surface area contributed by atoms with Crippen LogP contribution in [0, 0.1) is 0 Å². The largest absolute Gasteiger partial charge is 0.381 e. The normalized spacial score (nSPS) is 10.5. The first-order valence-corrected chi connectivity index (χ1v) is 5.46. The van der Waals surface area contributed by atoms with Crippen molar-refractivity contribution in [2.75, 3.05) is 5.73 Å². The zero-order valence-corrected chi connectivity index (χ0v) is 9.90. The van der Waals surface area contributed by atoms with Crippen molar-refractivity contribution in [2.24, 2.45) is 0 Å². The molecule has 4 nitrogen and oxygen atoms in total. The van der Waals surface area contributed by atoms with Crippen LogP contribution in [0.3, 0.4) is 0 Å². The van der Waals surface area contributed by atoms with Gasteiger partial charge in [0.25, 0.3) is 0 Å². The molecular weight excluding hydrogens is 256 g/mol. The molecule has 2 aromatic rings. The zero-order chi connectivity index (χ0) is 10.8. The first-order valence-electron chi connectivity index (χ1n) is 4.67. The Morgan fingerprint density at radius 1 is 1.47 bits per heavy atom. The molecule has 1 aromatic heterocycles. The van der Waals surface area contributed by atoms with Crippen molar-refractivity contribution >= 4 is 21.7 Å². The quantitative estimate of drug-likeness (QED) is 0.907. The van der Waals surface area contributed by atoms with E-state index in [-0.39, 0.29) is 0 Å². The summed E-state index contributed by atoms with van der Waals surface area (Å²) >= 11 is 3.44. The number of hydrogen-bond donors (Lipinski definition) is 1. The maximum absolute atomic E-state index is 5.53. The lowest BCUT2D eigenvalue weighted by Gasteiger charge is -2.07. The van der Waals surface area contributed by atoms with Crippen LogP contribution in [0.2, 0.25) is 0 Å². The van der Waals surface area contributed by atoms with Crippen LogP contribution < -0.4 is 5.73 Å². The Bertz CT molecular complexity index is 478. The lowest BCUT2D eigenvalue weighted by Crippen LogP contribution is -1.99. The van der Waals surface area contributed by atoms with Gasteiger partial charge in [-0.05, 0) is 30.2 Å². The van der Waals surface area contributed by atoms with E-state index in [4.69, 9.17) is 5.73 Å². The molecule has 0 unspecified atom stereocenters. The highest BCUT2D eigenvalue weighted by molar-refractivity contribution is 9.10. The summed E-state index contributed by atoms with van der Waals surface area (Å²) in [4.78, 5) is 0. The average Bonchev–Trinajstić information content (AvgIpc) is 2.64. The van der Waals surface area contributed by atoms with Gasteiger partial charge in [-0.2, -0.15) is 0 Å². The van der Waals surface area contributed by atoms with Crippen molar-refractivity contribution in [3.63, 3.8) is 0 Å². The lowest BCUT2D eigenvalue weighted by molar-refractivity contribution is 0.794. The summed E-state index contributed by atoms with van der Waals surface area (Å²) < 4.78 is 2.76. The molecule has 1 heterocycles. The predicted octanol–water partition coefficient (Wildman–Crippen LogP) is 2.17. The second-order valence-corrected chi connectivity index (χ2v) is 4.13. The van der Waals surface area contributed by atoms with Crippen LogP contribution in [0.1, 0.15) is 12.5 Å². The third-order valence-corrected chi connectivity index (χ3v) is 2.67. The fraction of sp³-hybridized carbons (Fsp3) is 0.200. The molecule has 0 fully saturated rings. The number of hydrogen-bond acceptors (Lipinski definition) is 3. The summed E-state index contributed by atoms with van der Waals surface area (Å²) in [5.74, 6) is 0.431. The average molecular weight is 267 g/mol. The molecule has 2 N–H and O–H groups in total. The molecule has 5 heteroatoms. The van der Waals surface area contributed by atoms with E-state index in [1.54, 1.807) is 10.9 Å². The smallest absolute Gasteiger partial charge is 0.166 e. The molecule has 0 atom stereocenters. The molecule has 0 radical (unpaired) electrons. The van der Waals surface area contributed by atoms with Crippen LogP contribution in [0.4, 0.5) is 5.82 Å². The van der Waals surface area contributed by atoms with Crippen molar-refractivity contribution in [1.82, 2.24) is 15.0 Å². The summed E-state index contributed by atoms with van der Waals surface area (Å²) in [6.07, 6.45) is 2.65. The van der Waals surface area contributed by atoms with Crippen LogP contribution in [0.15, 0.2) is 28.9 Å². The van der Waals surface area contributed by atoms with E-state index in [9.17, 15) is 0 Å². The lowest BCUT2D eigenvalue weighted by atomic mass is 10.1. The molecule has 0 amide bonds. The highest BCUT2D eigenvalue weighted by Gasteiger charge is 2.05. The van der Waals surface area contributed by atoms with Gasteiger partial charge in [-0.1, -0.05) is 28.1 Å². The van der Waals surface area contributed by atoms with Gasteiger partial charge in [0, 0.05) is 4.47 Å². The number of aryl methyl sites for hydroxylation is 1. The van der Waals surface area contributed by atoms with Gasteiger partial charge in [0.1, 0.15) is 0 Å². The number of rotatable bonds is 2.